The summed E-state index contributed by atoms with van der Waals surface area (Å²) in [4.78, 5) is 43.4. The van der Waals surface area contributed by atoms with Gasteiger partial charge in [-0.15, -0.1) is 0 Å². The van der Waals surface area contributed by atoms with E-state index in [4.69, 9.17) is 4.74 Å². The number of hydrogen-bond donors (Lipinski definition) is 2. The lowest BCUT2D eigenvalue weighted by atomic mass is 9.90. The molecular weight excluding hydrogens is 514 g/mol. The van der Waals surface area contributed by atoms with E-state index in [1.807, 2.05) is 90.9 Å². The quantitative estimate of drug-likeness (QED) is 0.295. The van der Waals surface area contributed by atoms with Crippen molar-refractivity contribution in [2.75, 3.05) is 5.32 Å². The fourth-order valence-corrected chi connectivity index (χ4v) is 4.81. The smallest absolute Gasteiger partial charge is 0.408 e. The van der Waals surface area contributed by atoms with Gasteiger partial charge in [-0.3, -0.25) is 9.59 Å². The van der Waals surface area contributed by atoms with Crippen LogP contribution in [0.15, 0.2) is 42.5 Å². The second-order valence-corrected chi connectivity index (χ2v) is 13.0. The molecule has 0 fully saturated rings. The lowest BCUT2D eigenvalue weighted by Crippen LogP contribution is -2.59. The van der Waals surface area contributed by atoms with Crippen LogP contribution in [0.4, 0.5) is 10.5 Å². The monoisotopic (exact) mass is 565 g/mol. The van der Waals surface area contributed by atoms with E-state index < -0.39 is 29.3 Å². The molecule has 41 heavy (non-hydrogen) atoms. The van der Waals surface area contributed by atoms with Crippen molar-refractivity contribution >= 4 is 23.6 Å². The van der Waals surface area contributed by atoms with Crippen LogP contribution in [0.2, 0.25) is 0 Å². The van der Waals surface area contributed by atoms with Gasteiger partial charge in [0.2, 0.25) is 5.91 Å². The van der Waals surface area contributed by atoms with Gasteiger partial charge in [-0.25, -0.2) is 4.79 Å². The first-order valence-electron chi connectivity index (χ1n) is 14.8. The maximum atomic E-state index is 14.6. The zero-order valence-electron chi connectivity index (χ0n) is 27.0. The second kappa shape index (κ2) is 14.0. The molecular formula is C34H51N3O4. The summed E-state index contributed by atoms with van der Waals surface area (Å²) < 4.78 is 5.51. The summed E-state index contributed by atoms with van der Waals surface area (Å²) in [6.07, 6.45) is 1.20. The zero-order chi connectivity index (χ0) is 31.1. The summed E-state index contributed by atoms with van der Waals surface area (Å²) in [5, 5.41) is 5.97. The molecule has 0 aliphatic heterocycles. The van der Waals surface area contributed by atoms with Crippen molar-refractivity contribution in [1.29, 1.82) is 0 Å². The van der Waals surface area contributed by atoms with Crippen LogP contribution in [-0.4, -0.2) is 40.0 Å². The molecule has 2 aromatic rings. The number of nitrogens with one attached hydrogen (secondary N) is 2. The largest absolute Gasteiger partial charge is 0.444 e. The maximum absolute atomic E-state index is 14.6. The van der Waals surface area contributed by atoms with E-state index >= 15 is 0 Å². The van der Waals surface area contributed by atoms with Gasteiger partial charge in [-0.2, -0.15) is 0 Å². The van der Waals surface area contributed by atoms with E-state index in [0.29, 0.717) is 18.4 Å². The molecule has 0 aromatic heterocycles. The van der Waals surface area contributed by atoms with Crippen LogP contribution >= 0.6 is 0 Å². The van der Waals surface area contributed by atoms with Crippen molar-refractivity contribution in [3.63, 3.8) is 0 Å². The molecule has 0 heterocycles. The van der Waals surface area contributed by atoms with Crippen LogP contribution in [0.25, 0.3) is 0 Å². The third kappa shape index (κ3) is 9.34. The highest BCUT2D eigenvalue weighted by Crippen LogP contribution is 2.34. The van der Waals surface area contributed by atoms with Crippen LogP contribution < -0.4 is 10.6 Å². The third-order valence-corrected chi connectivity index (χ3v) is 7.39. The number of anilines is 1. The SMILES string of the molecule is CCc1ccc(C(C(=O)Nc2c(C)cccc2C)N(C(=O)C(CC(C)C)NC(=O)OC(C)(C)C)C(C)(C)CC)cc1. The Hall–Kier alpha value is -3.35. The molecule has 7 heteroatoms. The lowest BCUT2D eigenvalue weighted by Gasteiger charge is -2.45. The molecule has 0 aliphatic rings. The average molecular weight is 566 g/mol. The summed E-state index contributed by atoms with van der Waals surface area (Å²) >= 11 is 0. The molecule has 226 valence electrons. The molecule has 2 atom stereocenters. The van der Waals surface area contributed by atoms with E-state index in [-0.39, 0.29) is 17.7 Å². The predicted octanol–water partition coefficient (Wildman–Crippen LogP) is 7.50. The van der Waals surface area contributed by atoms with Crippen LogP contribution in [0.5, 0.6) is 0 Å². The minimum absolute atomic E-state index is 0.108. The Bertz CT molecular complexity index is 1180. The highest BCUT2D eigenvalue weighted by atomic mass is 16.6. The van der Waals surface area contributed by atoms with Crippen LogP contribution in [-0.2, 0) is 20.7 Å². The molecule has 2 rings (SSSR count). The van der Waals surface area contributed by atoms with E-state index in [1.54, 1.807) is 25.7 Å². The number of benzene rings is 2. The number of nitrogens with zero attached hydrogens (tertiary/aromatic N) is 1. The molecule has 2 aromatic carbocycles. The summed E-state index contributed by atoms with van der Waals surface area (Å²) in [5.74, 6) is -0.518. The van der Waals surface area contributed by atoms with Crippen LogP contribution in [0.3, 0.4) is 0 Å². The van der Waals surface area contributed by atoms with Crippen LogP contribution in [0, 0.1) is 19.8 Å². The number of amides is 3. The summed E-state index contributed by atoms with van der Waals surface area (Å²) in [7, 11) is 0. The molecule has 0 spiro atoms. The number of carbonyl (C=O) groups is 3. The Morgan fingerprint density at radius 3 is 1.93 bits per heavy atom. The minimum atomic E-state index is -0.933. The van der Waals surface area contributed by atoms with Gasteiger partial charge in [0, 0.05) is 11.2 Å². The average Bonchev–Trinajstić information content (AvgIpc) is 2.87. The molecule has 0 radical (unpaired) electrons. The number of alkyl carbamates (subject to hydrolysis) is 1. The highest BCUT2D eigenvalue weighted by molar-refractivity contribution is 6.00. The first-order valence-corrected chi connectivity index (χ1v) is 14.8. The molecule has 2 unspecified atom stereocenters. The fourth-order valence-electron chi connectivity index (χ4n) is 4.81. The summed E-state index contributed by atoms with van der Waals surface area (Å²) in [5.41, 5.74) is 3.03. The van der Waals surface area contributed by atoms with Crippen molar-refractivity contribution in [2.24, 2.45) is 5.92 Å². The Kier molecular flexibility index (Phi) is 11.6. The van der Waals surface area contributed by atoms with Crippen molar-refractivity contribution < 1.29 is 19.1 Å². The first-order chi connectivity index (χ1) is 19.0. The standard InChI is InChI=1S/C34H51N3O4/c1-12-25-17-19-26(20-18-25)29(30(38)36-28-23(5)15-14-16-24(28)6)37(34(10,11)13-2)31(39)27(21-22(3)4)35-32(40)41-33(7,8)9/h14-20,22,27,29H,12-13,21H2,1-11H3,(H,35,40)(H,36,38). The van der Waals surface area contributed by atoms with E-state index in [0.717, 1.165) is 28.8 Å². The van der Waals surface area contributed by atoms with Gasteiger partial charge >= 0.3 is 6.09 Å². The van der Waals surface area contributed by atoms with Gasteiger partial charge in [-0.1, -0.05) is 70.2 Å². The minimum Gasteiger partial charge on any atom is -0.444 e. The Morgan fingerprint density at radius 2 is 1.46 bits per heavy atom. The first kappa shape index (κ1) is 33.9. The van der Waals surface area contributed by atoms with E-state index in [1.165, 1.54) is 0 Å². The number of rotatable bonds is 11. The second-order valence-electron chi connectivity index (χ2n) is 13.0. The number of para-hydroxylation sites is 1. The number of carbonyl (C=O) groups excluding carboxylic acids is 3. The zero-order valence-corrected chi connectivity index (χ0v) is 27.0. The molecule has 0 saturated carbocycles. The van der Waals surface area contributed by atoms with Crippen LogP contribution in [0.1, 0.15) is 103 Å². The van der Waals surface area contributed by atoms with Gasteiger partial charge in [0.1, 0.15) is 17.7 Å². The van der Waals surface area contributed by atoms with Crippen molar-refractivity contribution in [3.8, 4) is 0 Å². The Balaban J connectivity index is 2.69. The van der Waals surface area contributed by atoms with E-state index in [9.17, 15) is 14.4 Å². The lowest BCUT2D eigenvalue weighted by molar-refractivity contribution is -0.148. The summed E-state index contributed by atoms with van der Waals surface area (Å²) in [6, 6.07) is 11.9. The molecule has 0 aliphatic carbocycles. The highest BCUT2D eigenvalue weighted by Gasteiger charge is 2.43. The predicted molar refractivity (Wildman–Crippen MR) is 167 cm³/mol. The van der Waals surface area contributed by atoms with Gasteiger partial charge in [-0.05, 0) is 95.9 Å². The van der Waals surface area contributed by atoms with Crippen molar-refractivity contribution in [1.82, 2.24) is 10.2 Å². The van der Waals surface area contributed by atoms with Gasteiger partial charge in [0.25, 0.3) is 5.91 Å². The molecule has 2 N–H and O–H groups in total. The Morgan fingerprint density at radius 1 is 0.902 bits per heavy atom. The normalized spacial score (nSPS) is 13.4. The van der Waals surface area contributed by atoms with Crippen molar-refractivity contribution in [2.45, 2.75) is 119 Å². The maximum Gasteiger partial charge on any atom is 0.408 e. The molecule has 0 saturated heterocycles. The molecule has 0 bridgehead atoms. The molecule has 7 nitrogen and oxygen atoms in total. The topological polar surface area (TPSA) is 87.7 Å². The van der Waals surface area contributed by atoms with Gasteiger partial charge in [0.05, 0.1) is 0 Å². The number of aryl methyl sites for hydroxylation is 3. The van der Waals surface area contributed by atoms with Crippen molar-refractivity contribution in [3.05, 3.63) is 64.7 Å². The van der Waals surface area contributed by atoms with E-state index in [2.05, 4.69) is 17.6 Å². The molecule has 3 amide bonds. The fraction of sp³-hybridized carbons (Fsp3) is 0.559. The third-order valence-electron chi connectivity index (χ3n) is 7.39. The number of ether oxygens (including phenoxy) is 1. The summed E-state index contributed by atoms with van der Waals surface area (Å²) in [6.45, 7) is 21.3. The number of hydrogen-bond acceptors (Lipinski definition) is 4. The van der Waals surface area contributed by atoms with Gasteiger partial charge < -0.3 is 20.3 Å². The Labute approximate surface area is 247 Å². The van der Waals surface area contributed by atoms with Gasteiger partial charge in [0.15, 0.2) is 0 Å².